The van der Waals surface area contributed by atoms with Crippen molar-refractivity contribution in [1.29, 1.82) is 0 Å². The summed E-state index contributed by atoms with van der Waals surface area (Å²) in [7, 11) is 1.54. The molecular formula is C11H15Cl2N3O. The quantitative estimate of drug-likeness (QED) is 0.796. The molecule has 0 radical (unpaired) electrons. The van der Waals surface area contributed by atoms with Gasteiger partial charge in [-0.05, 0) is 19.3 Å². The predicted molar refractivity (Wildman–Crippen MR) is 69.3 cm³/mol. The third-order valence-corrected chi connectivity index (χ3v) is 3.59. The standard InChI is InChI=1S/C11H15Cl2N3O/c1-17-11-14-7-9(13)10(15-11)16-5-3-2-4-8(16)6-12/h7-8H,2-6H2,1H3. The SMILES string of the molecule is COc1ncc(Cl)c(N2CCCCC2CCl)n1. The van der Waals surface area contributed by atoms with Gasteiger partial charge in [0, 0.05) is 18.5 Å². The molecule has 94 valence electrons. The van der Waals surface area contributed by atoms with Crippen LogP contribution in [-0.4, -0.2) is 35.5 Å². The third kappa shape index (κ3) is 2.75. The largest absolute Gasteiger partial charge is 0.467 e. The summed E-state index contributed by atoms with van der Waals surface area (Å²) in [6.07, 6.45) is 4.98. The third-order valence-electron chi connectivity index (χ3n) is 2.96. The Balaban J connectivity index is 2.30. The molecule has 1 atom stereocenters. The zero-order valence-electron chi connectivity index (χ0n) is 9.70. The van der Waals surface area contributed by atoms with Crippen molar-refractivity contribution in [3.05, 3.63) is 11.2 Å². The fourth-order valence-corrected chi connectivity index (χ4v) is 2.60. The van der Waals surface area contributed by atoms with Gasteiger partial charge in [0.25, 0.3) is 0 Å². The van der Waals surface area contributed by atoms with Gasteiger partial charge in [0.1, 0.15) is 5.02 Å². The summed E-state index contributed by atoms with van der Waals surface area (Å²) >= 11 is 12.1. The molecule has 1 aromatic rings. The maximum Gasteiger partial charge on any atom is 0.318 e. The van der Waals surface area contributed by atoms with Gasteiger partial charge in [-0.1, -0.05) is 11.6 Å². The Morgan fingerprint density at radius 1 is 1.53 bits per heavy atom. The summed E-state index contributed by atoms with van der Waals surface area (Å²) in [4.78, 5) is 10.4. The Hall–Kier alpha value is -0.740. The van der Waals surface area contributed by atoms with Crippen molar-refractivity contribution in [2.45, 2.75) is 25.3 Å². The van der Waals surface area contributed by atoms with Crippen molar-refractivity contribution in [2.24, 2.45) is 0 Å². The van der Waals surface area contributed by atoms with E-state index in [0.717, 1.165) is 25.2 Å². The molecule has 0 N–H and O–H groups in total. The summed E-state index contributed by atoms with van der Waals surface area (Å²) in [5.74, 6) is 1.31. The number of halogens is 2. The predicted octanol–water partition coefficient (Wildman–Crippen LogP) is 2.74. The molecule has 2 heterocycles. The topological polar surface area (TPSA) is 38.2 Å². The second-order valence-corrected chi connectivity index (χ2v) is 4.74. The molecule has 1 saturated heterocycles. The Morgan fingerprint density at radius 3 is 3.06 bits per heavy atom. The highest BCUT2D eigenvalue weighted by molar-refractivity contribution is 6.32. The second-order valence-electron chi connectivity index (χ2n) is 4.03. The molecule has 17 heavy (non-hydrogen) atoms. The van der Waals surface area contributed by atoms with Crippen LogP contribution in [0.1, 0.15) is 19.3 Å². The lowest BCUT2D eigenvalue weighted by Crippen LogP contribution is -2.41. The Morgan fingerprint density at radius 2 is 2.35 bits per heavy atom. The van der Waals surface area contributed by atoms with Gasteiger partial charge in [-0.2, -0.15) is 4.98 Å². The minimum absolute atomic E-state index is 0.294. The number of alkyl halides is 1. The molecular weight excluding hydrogens is 261 g/mol. The van der Waals surface area contributed by atoms with Crippen LogP contribution < -0.4 is 9.64 Å². The number of anilines is 1. The maximum atomic E-state index is 6.14. The van der Waals surface area contributed by atoms with E-state index in [9.17, 15) is 0 Å². The van der Waals surface area contributed by atoms with Crippen molar-refractivity contribution in [3.63, 3.8) is 0 Å². The molecule has 4 nitrogen and oxygen atoms in total. The van der Waals surface area contributed by atoms with E-state index < -0.39 is 0 Å². The van der Waals surface area contributed by atoms with E-state index in [4.69, 9.17) is 27.9 Å². The number of aromatic nitrogens is 2. The molecule has 0 bridgehead atoms. The smallest absolute Gasteiger partial charge is 0.318 e. The molecule has 1 fully saturated rings. The normalized spacial score (nSPS) is 20.4. The van der Waals surface area contributed by atoms with Gasteiger partial charge in [-0.15, -0.1) is 11.6 Å². The van der Waals surface area contributed by atoms with E-state index in [1.807, 2.05) is 0 Å². The van der Waals surface area contributed by atoms with Gasteiger partial charge in [-0.3, -0.25) is 0 Å². The summed E-state index contributed by atoms with van der Waals surface area (Å²) in [6.45, 7) is 0.928. The first-order valence-electron chi connectivity index (χ1n) is 5.65. The van der Waals surface area contributed by atoms with Crippen molar-refractivity contribution in [1.82, 2.24) is 9.97 Å². The van der Waals surface area contributed by atoms with Crippen molar-refractivity contribution in [3.8, 4) is 6.01 Å². The first-order valence-corrected chi connectivity index (χ1v) is 6.56. The summed E-state index contributed by atoms with van der Waals surface area (Å²) in [5.41, 5.74) is 0. The van der Waals surface area contributed by atoms with Gasteiger partial charge >= 0.3 is 6.01 Å². The number of piperidine rings is 1. The van der Waals surface area contributed by atoms with Crippen molar-refractivity contribution >= 4 is 29.0 Å². The van der Waals surface area contributed by atoms with Gasteiger partial charge in [0.15, 0.2) is 5.82 Å². The molecule has 1 aromatic heterocycles. The summed E-state index contributed by atoms with van der Waals surface area (Å²) in [5, 5.41) is 0.544. The Bertz CT molecular complexity index is 389. The molecule has 0 amide bonds. The summed E-state index contributed by atoms with van der Waals surface area (Å²) < 4.78 is 5.03. The maximum absolute atomic E-state index is 6.14. The van der Waals surface area contributed by atoms with Crippen LogP contribution in [0.25, 0.3) is 0 Å². The van der Waals surface area contributed by atoms with E-state index in [1.165, 1.54) is 6.42 Å². The second kappa shape index (κ2) is 5.74. The molecule has 0 spiro atoms. The lowest BCUT2D eigenvalue weighted by molar-refractivity contribution is 0.378. The highest BCUT2D eigenvalue weighted by atomic mass is 35.5. The number of hydrogen-bond donors (Lipinski definition) is 0. The van der Waals surface area contributed by atoms with E-state index in [1.54, 1.807) is 13.3 Å². The average Bonchev–Trinajstić information content (AvgIpc) is 2.39. The number of hydrogen-bond acceptors (Lipinski definition) is 4. The molecule has 6 heteroatoms. The lowest BCUT2D eigenvalue weighted by atomic mass is 10.0. The molecule has 0 saturated carbocycles. The molecule has 2 rings (SSSR count). The van der Waals surface area contributed by atoms with Crippen molar-refractivity contribution < 1.29 is 4.74 Å². The fourth-order valence-electron chi connectivity index (χ4n) is 2.08. The van der Waals surface area contributed by atoms with Crippen LogP contribution in [-0.2, 0) is 0 Å². The van der Waals surface area contributed by atoms with Gasteiger partial charge in [0.2, 0.25) is 0 Å². The first-order chi connectivity index (χ1) is 8.26. The van der Waals surface area contributed by atoms with Crippen LogP contribution in [0.4, 0.5) is 5.82 Å². The average molecular weight is 276 g/mol. The van der Waals surface area contributed by atoms with Crippen LogP contribution in [0.5, 0.6) is 6.01 Å². The van der Waals surface area contributed by atoms with Gasteiger partial charge < -0.3 is 9.64 Å². The van der Waals surface area contributed by atoms with Gasteiger partial charge in [0.05, 0.1) is 13.3 Å². The zero-order valence-corrected chi connectivity index (χ0v) is 11.2. The number of methoxy groups -OCH3 is 1. The van der Waals surface area contributed by atoms with E-state index in [2.05, 4.69) is 14.9 Å². The fraction of sp³-hybridized carbons (Fsp3) is 0.636. The monoisotopic (exact) mass is 275 g/mol. The van der Waals surface area contributed by atoms with Crippen LogP contribution in [0, 0.1) is 0 Å². The van der Waals surface area contributed by atoms with E-state index in [0.29, 0.717) is 23.0 Å². The lowest BCUT2D eigenvalue weighted by Gasteiger charge is -2.35. The number of nitrogens with zero attached hydrogens (tertiary/aromatic N) is 3. The van der Waals surface area contributed by atoms with Crippen molar-refractivity contribution in [2.75, 3.05) is 24.4 Å². The van der Waals surface area contributed by atoms with Gasteiger partial charge in [-0.25, -0.2) is 4.98 Å². The molecule has 1 aliphatic heterocycles. The Kier molecular flexibility index (Phi) is 4.29. The van der Waals surface area contributed by atoms with Crippen LogP contribution in [0.3, 0.4) is 0 Å². The zero-order chi connectivity index (χ0) is 12.3. The van der Waals surface area contributed by atoms with Crippen LogP contribution in [0.2, 0.25) is 5.02 Å². The molecule has 1 unspecified atom stereocenters. The van der Waals surface area contributed by atoms with Crippen LogP contribution in [0.15, 0.2) is 6.20 Å². The van der Waals surface area contributed by atoms with E-state index in [-0.39, 0.29) is 0 Å². The first kappa shape index (κ1) is 12.7. The Labute approximate surface area is 111 Å². The highest BCUT2D eigenvalue weighted by Crippen LogP contribution is 2.30. The molecule has 0 aromatic carbocycles. The minimum Gasteiger partial charge on any atom is -0.467 e. The van der Waals surface area contributed by atoms with Crippen LogP contribution >= 0.6 is 23.2 Å². The number of ether oxygens (including phenoxy) is 1. The highest BCUT2D eigenvalue weighted by Gasteiger charge is 2.25. The molecule has 0 aliphatic carbocycles. The molecule has 1 aliphatic rings. The van der Waals surface area contributed by atoms with E-state index >= 15 is 0 Å². The minimum atomic E-state index is 0.294. The summed E-state index contributed by atoms with van der Waals surface area (Å²) in [6, 6.07) is 0.630. The number of rotatable bonds is 3.